The van der Waals surface area contributed by atoms with Gasteiger partial charge < -0.3 is 20.1 Å². The smallest absolute Gasteiger partial charge is 0.407 e. The van der Waals surface area contributed by atoms with E-state index in [1.54, 1.807) is 7.11 Å². The number of hydrogen-bond donors (Lipinski definition) is 2. The van der Waals surface area contributed by atoms with Gasteiger partial charge >= 0.3 is 6.09 Å². The molecule has 2 fully saturated rings. The van der Waals surface area contributed by atoms with Crippen molar-refractivity contribution in [3.63, 3.8) is 0 Å². The number of methoxy groups -OCH3 is 1. The van der Waals surface area contributed by atoms with Gasteiger partial charge in [0, 0.05) is 13.1 Å². The maximum absolute atomic E-state index is 12.2. The van der Waals surface area contributed by atoms with Crippen molar-refractivity contribution in [2.24, 2.45) is 0 Å². The predicted molar refractivity (Wildman–Crippen MR) is 92.6 cm³/mol. The Kier molecular flexibility index (Phi) is 5.43. The van der Waals surface area contributed by atoms with Gasteiger partial charge in [0.05, 0.1) is 20.2 Å². The van der Waals surface area contributed by atoms with Gasteiger partial charge in [0.2, 0.25) is 5.91 Å². The molecule has 0 aromatic heterocycles. The first kappa shape index (κ1) is 17.5. The topological polar surface area (TPSA) is 79.9 Å². The zero-order chi connectivity index (χ0) is 17.7. The fraction of sp³-hybridized carbons (Fsp3) is 0.556. The van der Waals surface area contributed by atoms with Crippen LogP contribution in [0, 0.1) is 0 Å². The summed E-state index contributed by atoms with van der Waals surface area (Å²) in [5.74, 6) is 0.830. The Labute approximate surface area is 147 Å². The number of benzene rings is 1. The Bertz CT molecular complexity index is 619. The summed E-state index contributed by atoms with van der Waals surface area (Å²) >= 11 is 0. The molecule has 2 N–H and O–H groups in total. The summed E-state index contributed by atoms with van der Waals surface area (Å²) in [5, 5.41) is 5.68. The SMILES string of the molecule is COc1ccc(CCNC(=O)CN2CCCC3(CNC(=O)O3)C2)cc1. The summed E-state index contributed by atoms with van der Waals surface area (Å²) in [6, 6.07) is 7.84. The van der Waals surface area contributed by atoms with Gasteiger partial charge in [0.1, 0.15) is 11.4 Å². The van der Waals surface area contributed by atoms with Gasteiger partial charge in [-0.1, -0.05) is 12.1 Å². The first-order valence-corrected chi connectivity index (χ1v) is 8.67. The average molecular weight is 347 g/mol. The molecule has 2 aliphatic heterocycles. The number of piperidine rings is 1. The Balaban J connectivity index is 1.40. The molecule has 0 aliphatic carbocycles. The Morgan fingerprint density at radius 3 is 2.88 bits per heavy atom. The zero-order valence-electron chi connectivity index (χ0n) is 14.5. The highest BCUT2D eigenvalue weighted by molar-refractivity contribution is 5.78. The van der Waals surface area contributed by atoms with Crippen LogP contribution in [0.1, 0.15) is 18.4 Å². The number of rotatable bonds is 6. The third-order valence-electron chi connectivity index (χ3n) is 4.74. The molecule has 0 radical (unpaired) electrons. The predicted octanol–water partition coefficient (Wildman–Crippen LogP) is 0.928. The van der Waals surface area contributed by atoms with E-state index in [1.807, 2.05) is 24.3 Å². The molecule has 1 aromatic rings. The summed E-state index contributed by atoms with van der Waals surface area (Å²) in [6.45, 7) is 2.92. The third kappa shape index (κ3) is 4.63. The van der Waals surface area contributed by atoms with Gasteiger partial charge in [-0.3, -0.25) is 9.69 Å². The number of carbonyl (C=O) groups excluding carboxylic acids is 2. The molecule has 136 valence electrons. The van der Waals surface area contributed by atoms with Crippen molar-refractivity contribution in [2.45, 2.75) is 24.9 Å². The summed E-state index contributed by atoms with van der Waals surface area (Å²) in [5.41, 5.74) is 0.695. The van der Waals surface area contributed by atoms with Crippen molar-refractivity contribution in [1.82, 2.24) is 15.5 Å². The highest BCUT2D eigenvalue weighted by Crippen LogP contribution is 2.27. The van der Waals surface area contributed by atoms with Crippen LogP contribution in [0.15, 0.2) is 24.3 Å². The van der Waals surface area contributed by atoms with E-state index in [4.69, 9.17) is 9.47 Å². The second kappa shape index (κ2) is 7.74. The van der Waals surface area contributed by atoms with Gasteiger partial charge in [0.25, 0.3) is 0 Å². The van der Waals surface area contributed by atoms with E-state index in [9.17, 15) is 9.59 Å². The number of alkyl carbamates (subject to hydrolysis) is 1. The van der Waals surface area contributed by atoms with Crippen LogP contribution in [0.5, 0.6) is 5.75 Å². The Hall–Kier alpha value is -2.28. The lowest BCUT2D eigenvalue weighted by Crippen LogP contribution is -2.52. The van der Waals surface area contributed by atoms with Crippen molar-refractivity contribution >= 4 is 12.0 Å². The number of amides is 2. The number of nitrogens with one attached hydrogen (secondary N) is 2. The molecule has 1 atom stereocenters. The van der Waals surface area contributed by atoms with Crippen molar-refractivity contribution in [3.05, 3.63) is 29.8 Å². The highest BCUT2D eigenvalue weighted by Gasteiger charge is 2.43. The van der Waals surface area contributed by atoms with E-state index in [-0.39, 0.29) is 12.0 Å². The van der Waals surface area contributed by atoms with Crippen molar-refractivity contribution in [3.8, 4) is 5.75 Å². The van der Waals surface area contributed by atoms with Crippen LogP contribution in [0.2, 0.25) is 0 Å². The lowest BCUT2D eigenvalue weighted by Gasteiger charge is -2.37. The summed E-state index contributed by atoms with van der Waals surface area (Å²) in [6.07, 6.45) is 2.20. The first-order chi connectivity index (χ1) is 12.1. The Morgan fingerprint density at radius 2 is 2.20 bits per heavy atom. The van der Waals surface area contributed by atoms with E-state index < -0.39 is 5.60 Å². The quantitative estimate of drug-likeness (QED) is 0.800. The van der Waals surface area contributed by atoms with Crippen molar-refractivity contribution in [2.75, 3.05) is 39.8 Å². The van der Waals surface area contributed by atoms with Gasteiger partial charge in [-0.15, -0.1) is 0 Å². The maximum Gasteiger partial charge on any atom is 0.407 e. The van der Waals surface area contributed by atoms with Crippen LogP contribution in [0.25, 0.3) is 0 Å². The fourth-order valence-electron chi connectivity index (χ4n) is 3.45. The first-order valence-electron chi connectivity index (χ1n) is 8.67. The lowest BCUT2D eigenvalue weighted by atomic mass is 9.93. The molecule has 1 aromatic carbocycles. The summed E-state index contributed by atoms with van der Waals surface area (Å²) in [7, 11) is 1.64. The summed E-state index contributed by atoms with van der Waals surface area (Å²) < 4.78 is 10.6. The molecular weight excluding hydrogens is 322 g/mol. The molecule has 7 nitrogen and oxygen atoms in total. The van der Waals surface area contributed by atoms with E-state index >= 15 is 0 Å². The molecule has 2 heterocycles. The lowest BCUT2D eigenvalue weighted by molar-refractivity contribution is -0.123. The van der Waals surface area contributed by atoms with Crippen LogP contribution < -0.4 is 15.4 Å². The molecular formula is C18H25N3O4. The minimum absolute atomic E-state index is 0.00263. The molecule has 2 amide bonds. The van der Waals surface area contributed by atoms with Crippen LogP contribution in [0.3, 0.4) is 0 Å². The monoisotopic (exact) mass is 347 g/mol. The zero-order valence-corrected chi connectivity index (χ0v) is 14.5. The van der Waals surface area contributed by atoms with Crippen LogP contribution >= 0.6 is 0 Å². The fourth-order valence-corrected chi connectivity index (χ4v) is 3.45. The number of ether oxygens (including phenoxy) is 2. The minimum Gasteiger partial charge on any atom is -0.497 e. The van der Waals surface area contributed by atoms with Crippen molar-refractivity contribution in [1.29, 1.82) is 0 Å². The second-order valence-corrected chi connectivity index (χ2v) is 6.69. The molecule has 25 heavy (non-hydrogen) atoms. The minimum atomic E-state index is -0.460. The maximum atomic E-state index is 12.2. The molecule has 0 bridgehead atoms. The number of nitrogens with zero attached hydrogens (tertiary/aromatic N) is 1. The molecule has 2 aliphatic rings. The van der Waals surface area contributed by atoms with Gasteiger partial charge in [-0.25, -0.2) is 4.79 Å². The normalized spacial score (nSPS) is 23.2. The van der Waals surface area contributed by atoms with Gasteiger partial charge in [-0.2, -0.15) is 0 Å². The summed E-state index contributed by atoms with van der Waals surface area (Å²) in [4.78, 5) is 25.6. The van der Waals surface area contributed by atoms with E-state index in [0.29, 0.717) is 26.2 Å². The highest BCUT2D eigenvalue weighted by atomic mass is 16.6. The largest absolute Gasteiger partial charge is 0.497 e. The molecule has 1 spiro atoms. The molecule has 7 heteroatoms. The number of likely N-dealkylation sites (tertiary alicyclic amines) is 1. The van der Waals surface area contributed by atoms with Crippen LogP contribution in [-0.2, 0) is 16.0 Å². The third-order valence-corrected chi connectivity index (χ3v) is 4.74. The van der Waals surface area contributed by atoms with Gasteiger partial charge in [0.15, 0.2) is 0 Å². The number of carbonyl (C=O) groups is 2. The van der Waals surface area contributed by atoms with Crippen LogP contribution in [0.4, 0.5) is 4.79 Å². The van der Waals surface area contributed by atoms with E-state index in [2.05, 4.69) is 15.5 Å². The molecule has 2 saturated heterocycles. The van der Waals surface area contributed by atoms with E-state index in [0.717, 1.165) is 37.1 Å². The van der Waals surface area contributed by atoms with Crippen LogP contribution in [-0.4, -0.2) is 62.3 Å². The standard InChI is InChI=1S/C18H25N3O4/c1-24-15-5-3-14(4-6-15)7-9-19-16(22)11-21-10-2-8-18(13-21)12-20-17(23)25-18/h3-6H,2,7-13H2,1H3,(H,19,22)(H,20,23). The molecule has 1 unspecified atom stereocenters. The molecule has 0 saturated carbocycles. The van der Waals surface area contributed by atoms with E-state index in [1.165, 1.54) is 0 Å². The Morgan fingerprint density at radius 1 is 1.40 bits per heavy atom. The van der Waals surface area contributed by atoms with Crippen molar-refractivity contribution < 1.29 is 19.1 Å². The second-order valence-electron chi connectivity index (χ2n) is 6.69. The van der Waals surface area contributed by atoms with Gasteiger partial charge in [-0.05, 0) is 43.5 Å². The number of hydrogen-bond acceptors (Lipinski definition) is 5. The molecule has 3 rings (SSSR count). The average Bonchev–Trinajstić information content (AvgIpc) is 2.95.